The molecule has 0 rings (SSSR count). The average Bonchev–Trinajstić information content (AvgIpc) is 3.10. The molecule has 0 radical (unpaired) electrons. The Morgan fingerprint density at radius 3 is 1.66 bits per heavy atom. The minimum absolute atomic E-state index is 0.0432. The molecular weight excluding hydrogens is 653 g/mol. The van der Waals surface area contributed by atoms with E-state index >= 15 is 0 Å². The van der Waals surface area contributed by atoms with Crippen LogP contribution in [0, 0.1) is 0 Å². The Morgan fingerprint density at radius 2 is 1.06 bits per heavy atom. The second-order valence-electron chi connectivity index (χ2n) is 12.8. The van der Waals surface area contributed by atoms with Crippen LogP contribution in [0.1, 0.15) is 162 Å². The Balaban J connectivity index is 4.32. The molecule has 9 nitrogen and oxygen atoms in total. The number of ether oxygens (including phenoxy) is 2. The molecule has 0 spiro atoms. The molecule has 0 aliphatic rings. The topological polar surface area (TPSA) is 134 Å². The zero-order valence-electron chi connectivity index (χ0n) is 31.6. The van der Waals surface area contributed by atoms with Crippen LogP contribution < -0.4 is 5.73 Å². The lowest BCUT2D eigenvalue weighted by molar-refractivity contribution is -0.161. The number of carbonyl (C=O) groups excluding carboxylic acids is 2. The first-order valence-corrected chi connectivity index (χ1v) is 21.1. The van der Waals surface area contributed by atoms with E-state index in [2.05, 4.69) is 56.4 Å². The SMILES string of the molecule is CCCCC/C=C/CCCCCCCC(=O)OC[C@H](COP(=O)(O)OCCN)OC(=O)CCC/C=C/C/C=C/C/C=C/CCCCCCCC. The lowest BCUT2D eigenvalue weighted by Crippen LogP contribution is -2.29. The summed E-state index contributed by atoms with van der Waals surface area (Å²) in [7, 11) is -4.39. The Morgan fingerprint density at radius 1 is 0.600 bits per heavy atom. The van der Waals surface area contributed by atoms with Gasteiger partial charge in [0.15, 0.2) is 6.10 Å². The van der Waals surface area contributed by atoms with E-state index in [9.17, 15) is 19.0 Å². The fourth-order valence-corrected chi connectivity index (χ4v) is 5.76. The third-order valence-electron chi connectivity index (χ3n) is 7.94. The van der Waals surface area contributed by atoms with Gasteiger partial charge in [-0.2, -0.15) is 0 Å². The quantitative estimate of drug-likeness (QED) is 0.0280. The van der Waals surface area contributed by atoms with E-state index in [-0.39, 0.29) is 32.6 Å². The summed E-state index contributed by atoms with van der Waals surface area (Å²) in [6, 6.07) is 0. The summed E-state index contributed by atoms with van der Waals surface area (Å²) >= 11 is 0. The van der Waals surface area contributed by atoms with Gasteiger partial charge < -0.3 is 20.1 Å². The molecule has 50 heavy (non-hydrogen) atoms. The molecular formula is C40H72NO8P. The van der Waals surface area contributed by atoms with Crippen molar-refractivity contribution in [2.45, 2.75) is 168 Å². The highest BCUT2D eigenvalue weighted by Gasteiger charge is 2.25. The van der Waals surface area contributed by atoms with Gasteiger partial charge in [-0.05, 0) is 70.6 Å². The van der Waals surface area contributed by atoms with Crippen LogP contribution in [0.3, 0.4) is 0 Å². The van der Waals surface area contributed by atoms with Crippen LogP contribution in [-0.2, 0) is 32.7 Å². The minimum Gasteiger partial charge on any atom is -0.462 e. The molecule has 0 fully saturated rings. The molecule has 0 bridgehead atoms. The monoisotopic (exact) mass is 725 g/mol. The van der Waals surface area contributed by atoms with Gasteiger partial charge in [0, 0.05) is 19.4 Å². The smallest absolute Gasteiger partial charge is 0.462 e. The van der Waals surface area contributed by atoms with Gasteiger partial charge in [-0.25, -0.2) is 4.57 Å². The van der Waals surface area contributed by atoms with Crippen LogP contribution in [0.15, 0.2) is 48.6 Å². The highest BCUT2D eigenvalue weighted by atomic mass is 31.2. The summed E-state index contributed by atoms with van der Waals surface area (Å²) in [6.07, 6.45) is 40.1. The molecule has 290 valence electrons. The molecule has 0 aromatic heterocycles. The van der Waals surface area contributed by atoms with Crippen molar-refractivity contribution in [3.8, 4) is 0 Å². The van der Waals surface area contributed by atoms with Gasteiger partial charge in [-0.15, -0.1) is 0 Å². The lowest BCUT2D eigenvalue weighted by atomic mass is 10.1. The molecule has 0 aliphatic carbocycles. The molecule has 0 amide bonds. The molecule has 2 atom stereocenters. The van der Waals surface area contributed by atoms with Crippen LogP contribution in [0.2, 0.25) is 0 Å². The molecule has 3 N–H and O–H groups in total. The van der Waals surface area contributed by atoms with Gasteiger partial charge in [-0.3, -0.25) is 18.6 Å². The van der Waals surface area contributed by atoms with Crippen molar-refractivity contribution in [2.24, 2.45) is 5.73 Å². The zero-order chi connectivity index (χ0) is 36.8. The van der Waals surface area contributed by atoms with Crippen LogP contribution >= 0.6 is 7.82 Å². The summed E-state index contributed by atoms with van der Waals surface area (Å²) in [5.41, 5.74) is 5.33. The number of allylic oxidation sites excluding steroid dienone is 8. The summed E-state index contributed by atoms with van der Waals surface area (Å²) in [6.45, 7) is 3.61. The first-order valence-electron chi connectivity index (χ1n) is 19.6. The van der Waals surface area contributed by atoms with Crippen molar-refractivity contribution in [3.05, 3.63) is 48.6 Å². The molecule has 0 heterocycles. The van der Waals surface area contributed by atoms with Gasteiger partial charge in [0.05, 0.1) is 13.2 Å². The van der Waals surface area contributed by atoms with E-state index in [1.165, 1.54) is 57.8 Å². The molecule has 0 aliphatic heterocycles. The third kappa shape index (κ3) is 35.8. The molecule has 0 aromatic rings. The number of unbranched alkanes of at least 4 members (excludes halogenated alkanes) is 15. The zero-order valence-corrected chi connectivity index (χ0v) is 32.5. The van der Waals surface area contributed by atoms with E-state index in [0.29, 0.717) is 19.3 Å². The number of carbonyl (C=O) groups is 2. The van der Waals surface area contributed by atoms with E-state index in [1.54, 1.807) is 0 Å². The van der Waals surface area contributed by atoms with Gasteiger partial charge in [0.25, 0.3) is 0 Å². The summed E-state index contributed by atoms with van der Waals surface area (Å²) in [4.78, 5) is 34.7. The fraction of sp³-hybridized carbons (Fsp3) is 0.750. The Bertz CT molecular complexity index is 965. The maximum atomic E-state index is 12.5. The second-order valence-corrected chi connectivity index (χ2v) is 14.2. The second kappa shape index (κ2) is 36.8. The summed E-state index contributed by atoms with van der Waals surface area (Å²) in [5, 5.41) is 0. The number of hydrogen-bond acceptors (Lipinski definition) is 8. The third-order valence-corrected chi connectivity index (χ3v) is 8.92. The van der Waals surface area contributed by atoms with Gasteiger partial charge in [-0.1, -0.05) is 127 Å². The first kappa shape index (κ1) is 48.0. The molecule has 10 heteroatoms. The molecule has 0 saturated carbocycles. The fourth-order valence-electron chi connectivity index (χ4n) is 5.00. The highest BCUT2D eigenvalue weighted by molar-refractivity contribution is 7.47. The van der Waals surface area contributed by atoms with Crippen molar-refractivity contribution in [2.75, 3.05) is 26.4 Å². The number of hydrogen-bond donors (Lipinski definition) is 2. The Kier molecular flexibility index (Phi) is 35.3. The number of esters is 2. The van der Waals surface area contributed by atoms with Crippen LogP contribution in [-0.4, -0.2) is 49.3 Å². The van der Waals surface area contributed by atoms with Crippen molar-refractivity contribution in [3.63, 3.8) is 0 Å². The average molecular weight is 726 g/mol. The number of phosphoric acid groups is 1. The number of phosphoric ester groups is 1. The van der Waals surface area contributed by atoms with Gasteiger partial charge in [0.1, 0.15) is 6.61 Å². The predicted octanol–water partition coefficient (Wildman–Crippen LogP) is 10.8. The Hall–Kier alpha value is -2.03. The van der Waals surface area contributed by atoms with Gasteiger partial charge in [0.2, 0.25) is 0 Å². The van der Waals surface area contributed by atoms with Crippen LogP contribution in [0.4, 0.5) is 0 Å². The molecule has 0 aromatic carbocycles. The number of rotatable bonds is 36. The van der Waals surface area contributed by atoms with Crippen molar-refractivity contribution >= 4 is 19.8 Å². The van der Waals surface area contributed by atoms with Crippen molar-refractivity contribution < 1.29 is 37.6 Å². The maximum Gasteiger partial charge on any atom is 0.472 e. The van der Waals surface area contributed by atoms with Crippen molar-refractivity contribution in [1.29, 1.82) is 0 Å². The number of nitrogens with two attached hydrogens (primary N) is 1. The predicted molar refractivity (Wildman–Crippen MR) is 206 cm³/mol. The standard InChI is InChI=1S/C40H72NO8P/c1-3-5-7-9-11-13-15-17-18-19-20-21-23-25-27-29-31-33-40(43)49-38(37-48-50(44,45)47-35-34-41)36-46-39(42)32-30-28-26-24-22-16-14-12-10-8-6-4-2/h12,14,17-18,20-21,25,27,38H,3-11,13,15-16,19,22-24,26,28-37,41H2,1-2H3,(H,44,45)/b14-12+,18-17+,21-20+,27-25+/t38-/m1/s1. The summed E-state index contributed by atoms with van der Waals surface area (Å²) < 4.78 is 32.6. The van der Waals surface area contributed by atoms with Crippen LogP contribution in [0.5, 0.6) is 0 Å². The van der Waals surface area contributed by atoms with E-state index in [0.717, 1.165) is 57.8 Å². The normalized spacial score (nSPS) is 13.9. The van der Waals surface area contributed by atoms with Gasteiger partial charge >= 0.3 is 19.8 Å². The minimum atomic E-state index is -4.39. The lowest BCUT2D eigenvalue weighted by Gasteiger charge is -2.19. The highest BCUT2D eigenvalue weighted by Crippen LogP contribution is 2.43. The maximum absolute atomic E-state index is 12.5. The van der Waals surface area contributed by atoms with E-state index in [4.69, 9.17) is 24.3 Å². The first-order chi connectivity index (χ1) is 24.3. The Labute approximate surface area is 305 Å². The molecule has 0 saturated heterocycles. The summed E-state index contributed by atoms with van der Waals surface area (Å²) in [5.74, 6) is -0.904. The van der Waals surface area contributed by atoms with E-state index < -0.39 is 32.5 Å². The molecule has 1 unspecified atom stereocenters. The largest absolute Gasteiger partial charge is 0.472 e. The van der Waals surface area contributed by atoms with Crippen molar-refractivity contribution in [1.82, 2.24) is 0 Å². The van der Waals surface area contributed by atoms with E-state index in [1.807, 2.05) is 6.08 Å². The van der Waals surface area contributed by atoms with Crippen LogP contribution in [0.25, 0.3) is 0 Å².